The molecule has 0 unspecified atom stereocenters. The molecule has 0 spiro atoms. The lowest BCUT2D eigenvalue weighted by molar-refractivity contribution is 0.669. The number of nitrogens with zero attached hydrogens (tertiary/aromatic N) is 1. The summed E-state index contributed by atoms with van der Waals surface area (Å²) in [5.74, 6) is 0. The van der Waals surface area contributed by atoms with Crippen LogP contribution in [0.15, 0.2) is 132 Å². The topological polar surface area (TPSA) is 16.4 Å². The number of furan rings is 1. The predicted octanol–water partition coefficient (Wildman–Crippen LogP) is 10.6. The molecular formula is C34H21NOS. The van der Waals surface area contributed by atoms with Gasteiger partial charge < -0.3 is 9.32 Å². The van der Waals surface area contributed by atoms with E-state index in [0.717, 1.165) is 33.3 Å². The predicted molar refractivity (Wildman–Crippen MR) is 159 cm³/mol. The zero-order valence-electron chi connectivity index (χ0n) is 19.9. The van der Waals surface area contributed by atoms with E-state index in [9.17, 15) is 0 Å². The van der Waals surface area contributed by atoms with Gasteiger partial charge in [-0.3, -0.25) is 0 Å². The number of hydrogen-bond acceptors (Lipinski definition) is 3. The van der Waals surface area contributed by atoms with Crippen LogP contribution in [0.5, 0.6) is 0 Å². The Balaban J connectivity index is 1.41. The van der Waals surface area contributed by atoms with Crippen molar-refractivity contribution in [3.05, 3.63) is 127 Å². The summed E-state index contributed by atoms with van der Waals surface area (Å²) in [6, 6.07) is 45.4. The number of anilines is 3. The molecule has 0 atom stereocenters. The van der Waals surface area contributed by atoms with Crippen LogP contribution < -0.4 is 4.90 Å². The van der Waals surface area contributed by atoms with Gasteiger partial charge >= 0.3 is 0 Å². The van der Waals surface area contributed by atoms with E-state index in [1.165, 1.54) is 36.6 Å². The molecule has 0 aliphatic heterocycles. The van der Waals surface area contributed by atoms with Gasteiger partial charge in [0, 0.05) is 42.3 Å². The van der Waals surface area contributed by atoms with E-state index >= 15 is 0 Å². The molecule has 6 aromatic carbocycles. The van der Waals surface area contributed by atoms with Crippen molar-refractivity contribution in [1.82, 2.24) is 0 Å². The molecule has 37 heavy (non-hydrogen) atoms. The molecule has 8 rings (SSSR count). The highest BCUT2D eigenvalue weighted by Gasteiger charge is 2.18. The van der Waals surface area contributed by atoms with Crippen molar-refractivity contribution < 1.29 is 4.42 Å². The Bertz CT molecular complexity index is 2100. The average Bonchev–Trinajstić information content (AvgIpc) is 3.51. The number of thiophene rings is 1. The zero-order valence-corrected chi connectivity index (χ0v) is 20.7. The van der Waals surface area contributed by atoms with Gasteiger partial charge in [-0.05, 0) is 71.4 Å². The third-order valence-electron chi connectivity index (χ3n) is 7.21. The van der Waals surface area contributed by atoms with Crippen molar-refractivity contribution in [1.29, 1.82) is 0 Å². The summed E-state index contributed by atoms with van der Waals surface area (Å²) in [4.78, 5) is 2.39. The van der Waals surface area contributed by atoms with Crippen molar-refractivity contribution in [2.45, 2.75) is 0 Å². The van der Waals surface area contributed by atoms with E-state index in [1.54, 1.807) is 0 Å². The van der Waals surface area contributed by atoms with Crippen LogP contribution in [-0.2, 0) is 0 Å². The fourth-order valence-corrected chi connectivity index (χ4v) is 6.67. The summed E-state index contributed by atoms with van der Waals surface area (Å²) in [5.41, 5.74) is 5.31. The monoisotopic (exact) mass is 491 g/mol. The Morgan fingerprint density at radius 1 is 0.486 bits per heavy atom. The molecule has 2 nitrogen and oxygen atoms in total. The molecule has 0 saturated heterocycles. The Hall–Kier alpha value is -4.60. The van der Waals surface area contributed by atoms with E-state index in [1.807, 2.05) is 23.5 Å². The van der Waals surface area contributed by atoms with Crippen LogP contribution in [0, 0.1) is 0 Å². The summed E-state index contributed by atoms with van der Waals surface area (Å²) in [6.07, 6.45) is 0. The minimum atomic E-state index is 0.926. The number of rotatable bonds is 3. The van der Waals surface area contributed by atoms with Gasteiger partial charge in [0.1, 0.15) is 11.2 Å². The Labute approximate surface area is 217 Å². The van der Waals surface area contributed by atoms with Gasteiger partial charge in [0.15, 0.2) is 0 Å². The van der Waals surface area contributed by atoms with Crippen LogP contribution in [0.2, 0.25) is 0 Å². The molecule has 0 aliphatic carbocycles. The van der Waals surface area contributed by atoms with Gasteiger partial charge in [0.2, 0.25) is 0 Å². The number of hydrogen-bond donors (Lipinski definition) is 0. The SMILES string of the molecule is c1ccc(N(c2ccc3cc4oc5ccccc5c4cc3c2)c2cccc3sc4ccccc4c23)cc1. The normalized spacial score (nSPS) is 11.8. The number of benzene rings is 6. The molecule has 0 fully saturated rings. The lowest BCUT2D eigenvalue weighted by atomic mass is 10.0. The standard InChI is InChI=1S/C34H21NOS/c1-2-9-24(10-3-1)35(29-13-8-16-33-34(29)27-12-5-7-15-32(27)37-33)25-18-17-22-21-31-28(20-23(22)19-25)26-11-4-6-14-30(26)36-31/h1-21H. The van der Waals surface area contributed by atoms with Crippen LogP contribution >= 0.6 is 11.3 Å². The fraction of sp³-hybridized carbons (Fsp3) is 0. The van der Waals surface area contributed by atoms with Gasteiger partial charge in [-0.25, -0.2) is 0 Å². The smallest absolute Gasteiger partial charge is 0.136 e. The van der Waals surface area contributed by atoms with Gasteiger partial charge in [-0.15, -0.1) is 11.3 Å². The molecular weight excluding hydrogens is 470 g/mol. The van der Waals surface area contributed by atoms with Crippen LogP contribution in [-0.4, -0.2) is 0 Å². The highest BCUT2D eigenvalue weighted by molar-refractivity contribution is 7.26. The minimum absolute atomic E-state index is 0.926. The molecule has 2 aromatic heterocycles. The van der Waals surface area contributed by atoms with Crippen LogP contribution in [0.1, 0.15) is 0 Å². The van der Waals surface area contributed by atoms with Gasteiger partial charge in [-0.2, -0.15) is 0 Å². The first kappa shape index (κ1) is 20.6. The van der Waals surface area contributed by atoms with Gasteiger partial charge in [0.25, 0.3) is 0 Å². The van der Waals surface area contributed by atoms with Crippen LogP contribution in [0.3, 0.4) is 0 Å². The van der Waals surface area contributed by atoms with E-state index < -0.39 is 0 Å². The maximum absolute atomic E-state index is 6.15. The molecule has 0 N–H and O–H groups in total. The van der Waals surface area contributed by atoms with E-state index in [0.29, 0.717) is 0 Å². The Morgan fingerprint density at radius 3 is 2.19 bits per heavy atom. The maximum Gasteiger partial charge on any atom is 0.136 e. The summed E-state index contributed by atoms with van der Waals surface area (Å²) in [6.45, 7) is 0. The second-order valence-electron chi connectivity index (χ2n) is 9.40. The summed E-state index contributed by atoms with van der Waals surface area (Å²) in [7, 11) is 0. The molecule has 8 aromatic rings. The van der Waals surface area contributed by atoms with Crippen LogP contribution in [0.4, 0.5) is 17.1 Å². The van der Waals surface area contributed by atoms with Crippen LogP contribution in [0.25, 0.3) is 52.9 Å². The molecule has 0 radical (unpaired) electrons. The second kappa shape index (κ2) is 7.95. The quantitative estimate of drug-likeness (QED) is 0.244. The van der Waals surface area contributed by atoms with E-state index in [2.05, 4.69) is 120 Å². The molecule has 3 heteroatoms. The third kappa shape index (κ3) is 3.18. The first-order chi connectivity index (χ1) is 18.3. The highest BCUT2D eigenvalue weighted by atomic mass is 32.1. The second-order valence-corrected chi connectivity index (χ2v) is 10.5. The van der Waals surface area contributed by atoms with Crippen molar-refractivity contribution >= 4 is 81.3 Å². The van der Waals surface area contributed by atoms with Crippen molar-refractivity contribution in [3.63, 3.8) is 0 Å². The number of fused-ring (bicyclic) bond motifs is 7. The molecule has 0 amide bonds. The Kier molecular flexibility index (Phi) is 4.42. The molecule has 2 heterocycles. The van der Waals surface area contributed by atoms with Gasteiger partial charge in [-0.1, -0.05) is 66.7 Å². The molecule has 0 aliphatic rings. The zero-order chi connectivity index (χ0) is 24.3. The molecule has 0 saturated carbocycles. The van der Waals surface area contributed by atoms with Crippen molar-refractivity contribution in [3.8, 4) is 0 Å². The van der Waals surface area contributed by atoms with Crippen molar-refractivity contribution in [2.75, 3.05) is 4.90 Å². The number of para-hydroxylation sites is 2. The fourth-order valence-electron chi connectivity index (χ4n) is 5.54. The molecule has 0 bridgehead atoms. The van der Waals surface area contributed by atoms with Gasteiger partial charge in [0.05, 0.1) is 5.69 Å². The summed E-state index contributed by atoms with van der Waals surface area (Å²) >= 11 is 1.85. The third-order valence-corrected chi connectivity index (χ3v) is 8.35. The maximum atomic E-state index is 6.15. The lowest BCUT2D eigenvalue weighted by Crippen LogP contribution is -2.10. The van der Waals surface area contributed by atoms with E-state index in [4.69, 9.17) is 4.42 Å². The first-order valence-electron chi connectivity index (χ1n) is 12.4. The molecule has 174 valence electrons. The minimum Gasteiger partial charge on any atom is -0.456 e. The largest absolute Gasteiger partial charge is 0.456 e. The summed E-state index contributed by atoms with van der Waals surface area (Å²) in [5, 5.41) is 7.26. The first-order valence-corrected chi connectivity index (χ1v) is 13.3. The lowest BCUT2D eigenvalue weighted by Gasteiger charge is -2.26. The Morgan fingerprint density at radius 2 is 1.27 bits per heavy atom. The highest BCUT2D eigenvalue weighted by Crippen LogP contribution is 2.45. The average molecular weight is 492 g/mol. The summed E-state index contributed by atoms with van der Waals surface area (Å²) < 4.78 is 8.76. The van der Waals surface area contributed by atoms with Crippen molar-refractivity contribution in [2.24, 2.45) is 0 Å². The van der Waals surface area contributed by atoms with E-state index in [-0.39, 0.29) is 0 Å².